The molecule has 1 unspecified atom stereocenters. The minimum Gasteiger partial charge on any atom is -0.382 e. The third-order valence-electron chi connectivity index (χ3n) is 4.39. The van der Waals surface area contributed by atoms with E-state index >= 15 is 0 Å². The summed E-state index contributed by atoms with van der Waals surface area (Å²) in [7, 11) is 0. The lowest BCUT2D eigenvalue weighted by Crippen LogP contribution is -2.15. The van der Waals surface area contributed by atoms with E-state index in [1.54, 1.807) is 0 Å². The molecule has 4 nitrogen and oxygen atoms in total. The van der Waals surface area contributed by atoms with Crippen LogP contribution in [-0.2, 0) is 19.6 Å². The molecular weight excluding hydrogens is 298 g/mol. The van der Waals surface area contributed by atoms with Gasteiger partial charge in [0.2, 0.25) is 0 Å². The van der Waals surface area contributed by atoms with Crippen LogP contribution in [0.4, 0.5) is 0 Å². The molecule has 120 valence electrons. The Labute approximate surface area is 141 Å². The first-order valence-electron chi connectivity index (χ1n) is 8.14. The summed E-state index contributed by atoms with van der Waals surface area (Å²) in [5, 5.41) is 19.1. The van der Waals surface area contributed by atoms with Gasteiger partial charge in [-0.15, -0.1) is 0 Å². The van der Waals surface area contributed by atoms with Gasteiger partial charge in [0.15, 0.2) is 0 Å². The number of fused-ring (bicyclic) bond motifs is 1. The molecule has 1 aliphatic rings. The molecule has 0 bridgehead atoms. The Balaban J connectivity index is 1.51. The summed E-state index contributed by atoms with van der Waals surface area (Å²) < 4.78 is 0. The van der Waals surface area contributed by atoms with Crippen LogP contribution in [0, 0.1) is 0 Å². The van der Waals surface area contributed by atoms with Crippen molar-refractivity contribution in [1.29, 1.82) is 0 Å². The number of nitrogens with zero attached hydrogens (tertiary/aromatic N) is 3. The van der Waals surface area contributed by atoms with E-state index in [0.29, 0.717) is 5.69 Å². The quantitative estimate of drug-likeness (QED) is 0.803. The van der Waals surface area contributed by atoms with Crippen LogP contribution < -0.4 is 0 Å². The largest absolute Gasteiger partial charge is 0.382 e. The smallest absolute Gasteiger partial charge is 0.123 e. The van der Waals surface area contributed by atoms with E-state index in [-0.39, 0.29) is 0 Å². The molecule has 0 saturated heterocycles. The summed E-state index contributed by atoms with van der Waals surface area (Å²) in [6.07, 6.45) is -0.729. The zero-order valence-electron chi connectivity index (χ0n) is 13.3. The van der Waals surface area contributed by atoms with E-state index in [1.165, 1.54) is 5.56 Å². The first-order chi connectivity index (χ1) is 11.8. The predicted octanol–water partition coefficient (Wildman–Crippen LogP) is 3.07. The van der Waals surface area contributed by atoms with Gasteiger partial charge in [-0.05, 0) is 22.8 Å². The third-order valence-corrected chi connectivity index (χ3v) is 4.39. The minimum absolute atomic E-state index is 0.613. The van der Waals surface area contributed by atoms with Gasteiger partial charge in [0.25, 0.3) is 0 Å². The lowest BCUT2D eigenvalue weighted by molar-refractivity contribution is 0.214. The molecule has 0 spiro atoms. The molecule has 2 heterocycles. The second kappa shape index (κ2) is 6.51. The Kier molecular flexibility index (Phi) is 4.07. The molecule has 1 N–H and O–H groups in total. The van der Waals surface area contributed by atoms with Gasteiger partial charge in [-0.1, -0.05) is 60.7 Å². The van der Waals surface area contributed by atoms with Gasteiger partial charge in [0.05, 0.1) is 11.4 Å². The first kappa shape index (κ1) is 15.0. The van der Waals surface area contributed by atoms with Gasteiger partial charge in [-0.25, -0.2) is 0 Å². The van der Waals surface area contributed by atoms with Crippen molar-refractivity contribution in [3.63, 3.8) is 0 Å². The zero-order chi connectivity index (χ0) is 16.4. The fourth-order valence-corrected chi connectivity index (χ4v) is 3.14. The number of aromatic nitrogens is 2. The highest BCUT2D eigenvalue weighted by Gasteiger charge is 2.23. The van der Waals surface area contributed by atoms with Crippen LogP contribution in [0.25, 0.3) is 0 Å². The molecule has 1 aromatic heterocycles. The second-order valence-corrected chi connectivity index (χ2v) is 6.19. The highest BCUT2D eigenvalue weighted by molar-refractivity contribution is 5.31. The molecule has 24 heavy (non-hydrogen) atoms. The number of hydrogen-bond donors (Lipinski definition) is 1. The molecule has 3 aromatic rings. The van der Waals surface area contributed by atoms with Crippen LogP contribution in [0.5, 0.6) is 0 Å². The SMILES string of the molecule is OC(c1ccccc1)c1cc2c(nn1)CN(Cc1ccccc1)C2. The van der Waals surface area contributed by atoms with Crippen LogP contribution in [-0.4, -0.2) is 20.2 Å². The lowest BCUT2D eigenvalue weighted by atomic mass is 10.1. The van der Waals surface area contributed by atoms with E-state index < -0.39 is 6.10 Å². The number of rotatable bonds is 4. The average Bonchev–Trinajstić information content (AvgIpc) is 3.04. The van der Waals surface area contributed by atoms with Crippen molar-refractivity contribution in [2.45, 2.75) is 25.7 Å². The summed E-state index contributed by atoms with van der Waals surface area (Å²) in [6.45, 7) is 2.54. The summed E-state index contributed by atoms with van der Waals surface area (Å²) in [5.41, 5.74) is 4.91. The fraction of sp³-hybridized carbons (Fsp3) is 0.200. The maximum absolute atomic E-state index is 10.5. The molecule has 0 saturated carbocycles. The van der Waals surface area contributed by atoms with E-state index in [9.17, 15) is 5.11 Å². The predicted molar refractivity (Wildman–Crippen MR) is 91.9 cm³/mol. The van der Waals surface area contributed by atoms with Crippen molar-refractivity contribution in [3.05, 3.63) is 94.8 Å². The maximum atomic E-state index is 10.5. The summed E-state index contributed by atoms with van der Waals surface area (Å²) in [5.74, 6) is 0. The van der Waals surface area contributed by atoms with Crippen molar-refractivity contribution in [1.82, 2.24) is 15.1 Å². The average molecular weight is 317 g/mol. The van der Waals surface area contributed by atoms with Gasteiger partial charge in [-0.2, -0.15) is 10.2 Å². The van der Waals surface area contributed by atoms with Crippen molar-refractivity contribution >= 4 is 0 Å². The molecule has 1 aliphatic heterocycles. The summed E-state index contributed by atoms with van der Waals surface area (Å²) in [6, 6.07) is 22.0. The summed E-state index contributed by atoms with van der Waals surface area (Å²) in [4.78, 5) is 2.34. The molecule has 4 rings (SSSR count). The second-order valence-electron chi connectivity index (χ2n) is 6.19. The fourth-order valence-electron chi connectivity index (χ4n) is 3.14. The van der Waals surface area contributed by atoms with Crippen molar-refractivity contribution in [3.8, 4) is 0 Å². The summed E-state index contributed by atoms with van der Waals surface area (Å²) >= 11 is 0. The molecule has 0 aliphatic carbocycles. The Hall–Kier alpha value is -2.56. The van der Waals surface area contributed by atoms with Crippen LogP contribution in [0.3, 0.4) is 0 Å². The van der Waals surface area contributed by atoms with E-state index in [0.717, 1.165) is 36.5 Å². The topological polar surface area (TPSA) is 49.3 Å². The van der Waals surface area contributed by atoms with Gasteiger partial charge in [0, 0.05) is 19.6 Å². The number of hydrogen-bond acceptors (Lipinski definition) is 4. The zero-order valence-corrected chi connectivity index (χ0v) is 13.3. The third kappa shape index (κ3) is 3.07. The number of benzene rings is 2. The standard InChI is InChI=1S/C20H19N3O/c24-20(16-9-5-2-6-10-16)18-11-17-13-23(14-19(17)22-21-18)12-15-7-3-1-4-8-15/h1-11,20,24H,12-14H2. The van der Waals surface area contributed by atoms with Crippen LogP contribution in [0.15, 0.2) is 66.7 Å². The molecule has 0 radical (unpaired) electrons. The minimum atomic E-state index is -0.729. The van der Waals surface area contributed by atoms with E-state index in [2.05, 4.69) is 39.4 Å². The van der Waals surface area contributed by atoms with Gasteiger partial charge in [0.1, 0.15) is 6.10 Å². The van der Waals surface area contributed by atoms with E-state index in [1.807, 2.05) is 42.5 Å². The molecule has 2 aromatic carbocycles. The maximum Gasteiger partial charge on any atom is 0.123 e. The van der Waals surface area contributed by atoms with Gasteiger partial charge < -0.3 is 5.11 Å². The Morgan fingerprint density at radius 3 is 2.38 bits per heavy atom. The van der Waals surface area contributed by atoms with Crippen molar-refractivity contribution in [2.24, 2.45) is 0 Å². The molecule has 4 heteroatoms. The van der Waals surface area contributed by atoms with E-state index in [4.69, 9.17) is 0 Å². The Bertz CT molecular complexity index is 821. The monoisotopic (exact) mass is 317 g/mol. The van der Waals surface area contributed by atoms with Crippen molar-refractivity contribution in [2.75, 3.05) is 0 Å². The Morgan fingerprint density at radius 2 is 1.62 bits per heavy atom. The van der Waals surface area contributed by atoms with Crippen LogP contribution in [0.1, 0.15) is 34.2 Å². The lowest BCUT2D eigenvalue weighted by Gasteiger charge is -2.14. The molecule has 0 fully saturated rings. The number of aliphatic hydroxyl groups is 1. The van der Waals surface area contributed by atoms with Crippen LogP contribution >= 0.6 is 0 Å². The molecule has 1 atom stereocenters. The molecular formula is C20H19N3O. The Morgan fingerprint density at radius 1 is 0.917 bits per heavy atom. The van der Waals surface area contributed by atoms with Crippen LogP contribution in [0.2, 0.25) is 0 Å². The highest BCUT2D eigenvalue weighted by Crippen LogP contribution is 2.26. The number of aliphatic hydroxyl groups excluding tert-OH is 1. The van der Waals surface area contributed by atoms with Gasteiger partial charge in [-0.3, -0.25) is 4.90 Å². The van der Waals surface area contributed by atoms with Crippen molar-refractivity contribution < 1.29 is 5.11 Å². The first-order valence-corrected chi connectivity index (χ1v) is 8.14. The normalized spacial score (nSPS) is 15.2. The van der Waals surface area contributed by atoms with Gasteiger partial charge >= 0.3 is 0 Å². The highest BCUT2D eigenvalue weighted by atomic mass is 16.3. The molecule has 0 amide bonds.